The van der Waals surface area contributed by atoms with Crippen molar-refractivity contribution >= 4 is 28.8 Å². The Labute approximate surface area is 143 Å². The van der Waals surface area contributed by atoms with Gasteiger partial charge in [0.25, 0.3) is 11.8 Å². The van der Waals surface area contributed by atoms with Crippen LogP contribution in [0.2, 0.25) is 0 Å². The zero-order valence-corrected chi connectivity index (χ0v) is 13.5. The molecule has 0 aliphatic rings. The molecule has 5 nitrogen and oxygen atoms in total. The predicted octanol–water partition coefficient (Wildman–Crippen LogP) is 3.33. The van der Waals surface area contributed by atoms with E-state index in [1.54, 1.807) is 30.5 Å². The largest absolute Gasteiger partial charge is 0.347 e. The molecular weight excluding hydrogens is 322 g/mol. The molecule has 6 heteroatoms. The van der Waals surface area contributed by atoms with Crippen LogP contribution in [0.4, 0.5) is 5.69 Å². The zero-order chi connectivity index (χ0) is 16.8. The zero-order valence-electron chi connectivity index (χ0n) is 12.7. The van der Waals surface area contributed by atoms with Crippen LogP contribution in [0.15, 0.2) is 66.3 Å². The van der Waals surface area contributed by atoms with Gasteiger partial charge in [-0.3, -0.25) is 14.6 Å². The SMILES string of the molecule is O=C(Nc1cccc(CNC(=O)c2cccs2)c1)c1cccnc1. The lowest BCUT2D eigenvalue weighted by Crippen LogP contribution is -2.21. The first-order valence-corrected chi connectivity index (χ1v) is 8.22. The van der Waals surface area contributed by atoms with E-state index in [-0.39, 0.29) is 11.8 Å². The molecule has 0 fully saturated rings. The van der Waals surface area contributed by atoms with Crippen LogP contribution >= 0.6 is 11.3 Å². The van der Waals surface area contributed by atoms with Crippen LogP contribution < -0.4 is 10.6 Å². The highest BCUT2D eigenvalue weighted by atomic mass is 32.1. The second-order valence-electron chi connectivity index (χ2n) is 5.06. The predicted molar refractivity (Wildman–Crippen MR) is 94.1 cm³/mol. The van der Waals surface area contributed by atoms with Gasteiger partial charge in [-0.05, 0) is 41.3 Å². The number of hydrogen-bond donors (Lipinski definition) is 2. The van der Waals surface area contributed by atoms with E-state index >= 15 is 0 Å². The Morgan fingerprint density at radius 3 is 2.71 bits per heavy atom. The third kappa shape index (κ3) is 4.05. The molecule has 3 aromatic rings. The smallest absolute Gasteiger partial charge is 0.261 e. The van der Waals surface area contributed by atoms with Crippen molar-refractivity contribution < 1.29 is 9.59 Å². The molecule has 1 aromatic carbocycles. The Kier molecular flexibility index (Phi) is 4.98. The number of benzene rings is 1. The second-order valence-corrected chi connectivity index (χ2v) is 6.00. The van der Waals surface area contributed by atoms with Crippen molar-refractivity contribution in [1.82, 2.24) is 10.3 Å². The van der Waals surface area contributed by atoms with Crippen molar-refractivity contribution in [3.63, 3.8) is 0 Å². The van der Waals surface area contributed by atoms with Crippen LogP contribution in [0.3, 0.4) is 0 Å². The van der Waals surface area contributed by atoms with E-state index in [0.717, 1.165) is 5.56 Å². The molecule has 0 unspecified atom stereocenters. The first-order chi connectivity index (χ1) is 11.7. The number of hydrogen-bond acceptors (Lipinski definition) is 4. The number of amides is 2. The number of pyridine rings is 1. The van der Waals surface area contributed by atoms with Gasteiger partial charge in [-0.25, -0.2) is 0 Å². The second kappa shape index (κ2) is 7.52. The average Bonchev–Trinajstić information content (AvgIpc) is 3.15. The quantitative estimate of drug-likeness (QED) is 0.750. The molecular formula is C18H15N3O2S. The topological polar surface area (TPSA) is 71.1 Å². The molecule has 24 heavy (non-hydrogen) atoms. The van der Waals surface area contributed by atoms with Gasteiger partial charge in [-0.15, -0.1) is 11.3 Å². The van der Waals surface area contributed by atoms with Gasteiger partial charge in [0.2, 0.25) is 0 Å². The van der Waals surface area contributed by atoms with Gasteiger partial charge in [0.1, 0.15) is 0 Å². The maximum absolute atomic E-state index is 12.1. The van der Waals surface area contributed by atoms with Gasteiger partial charge in [0, 0.05) is 24.6 Å². The lowest BCUT2D eigenvalue weighted by molar-refractivity contribution is 0.0954. The summed E-state index contributed by atoms with van der Waals surface area (Å²) in [5.74, 6) is -0.322. The van der Waals surface area contributed by atoms with E-state index in [0.29, 0.717) is 22.7 Å². The number of thiophene rings is 1. The summed E-state index contributed by atoms with van der Waals surface area (Å²) in [5, 5.41) is 7.55. The Hall–Kier alpha value is -2.99. The number of nitrogens with one attached hydrogen (secondary N) is 2. The fraction of sp³-hybridized carbons (Fsp3) is 0.0556. The maximum atomic E-state index is 12.1. The number of carbonyl (C=O) groups is 2. The Morgan fingerprint density at radius 2 is 1.96 bits per heavy atom. The minimum absolute atomic E-state index is 0.102. The molecule has 120 valence electrons. The first kappa shape index (κ1) is 15.9. The number of aromatic nitrogens is 1. The third-order valence-electron chi connectivity index (χ3n) is 3.31. The third-order valence-corrected chi connectivity index (χ3v) is 4.18. The van der Waals surface area contributed by atoms with E-state index in [4.69, 9.17) is 0 Å². The maximum Gasteiger partial charge on any atom is 0.261 e. The molecule has 2 heterocycles. The summed E-state index contributed by atoms with van der Waals surface area (Å²) in [6.45, 7) is 0.396. The highest BCUT2D eigenvalue weighted by Crippen LogP contribution is 2.13. The van der Waals surface area contributed by atoms with Gasteiger partial charge < -0.3 is 10.6 Å². The van der Waals surface area contributed by atoms with Gasteiger partial charge >= 0.3 is 0 Å². The standard InChI is InChI=1S/C18H15N3O2S/c22-17(14-5-2-8-19-12-14)21-15-6-1-4-13(10-15)11-20-18(23)16-7-3-9-24-16/h1-10,12H,11H2,(H,20,23)(H,21,22). The van der Waals surface area contributed by atoms with Crippen molar-refractivity contribution in [1.29, 1.82) is 0 Å². The lowest BCUT2D eigenvalue weighted by atomic mass is 10.2. The van der Waals surface area contributed by atoms with Gasteiger partial charge in [-0.1, -0.05) is 18.2 Å². The van der Waals surface area contributed by atoms with Crippen LogP contribution in [-0.2, 0) is 6.54 Å². The van der Waals surface area contributed by atoms with E-state index in [2.05, 4.69) is 15.6 Å². The molecule has 2 aromatic heterocycles. The number of nitrogens with zero attached hydrogens (tertiary/aromatic N) is 1. The number of anilines is 1. The first-order valence-electron chi connectivity index (χ1n) is 7.34. The van der Waals surface area contributed by atoms with Crippen molar-refractivity contribution in [2.24, 2.45) is 0 Å². The lowest BCUT2D eigenvalue weighted by Gasteiger charge is -2.08. The molecule has 0 aliphatic carbocycles. The summed E-state index contributed by atoms with van der Waals surface area (Å²) in [4.78, 5) is 28.7. The van der Waals surface area contributed by atoms with E-state index in [1.165, 1.54) is 17.5 Å². The molecule has 0 atom stereocenters. The fourth-order valence-corrected chi connectivity index (χ4v) is 2.78. The average molecular weight is 337 g/mol. The highest BCUT2D eigenvalue weighted by molar-refractivity contribution is 7.12. The molecule has 0 bridgehead atoms. The summed E-state index contributed by atoms with van der Waals surface area (Å²) < 4.78 is 0. The Morgan fingerprint density at radius 1 is 1.04 bits per heavy atom. The van der Waals surface area contributed by atoms with Gasteiger partial charge in [0.05, 0.1) is 10.4 Å². The van der Waals surface area contributed by atoms with Crippen LogP contribution in [0.25, 0.3) is 0 Å². The van der Waals surface area contributed by atoms with Crippen LogP contribution in [-0.4, -0.2) is 16.8 Å². The molecule has 3 rings (SSSR count). The molecule has 0 radical (unpaired) electrons. The summed E-state index contributed by atoms with van der Waals surface area (Å²) in [7, 11) is 0. The number of carbonyl (C=O) groups excluding carboxylic acids is 2. The Balaban J connectivity index is 1.62. The minimum Gasteiger partial charge on any atom is -0.347 e. The summed E-state index contributed by atoms with van der Waals surface area (Å²) in [6, 6.07) is 14.4. The summed E-state index contributed by atoms with van der Waals surface area (Å²) in [6.07, 6.45) is 3.13. The van der Waals surface area contributed by atoms with Crippen molar-refractivity contribution in [2.45, 2.75) is 6.54 Å². The van der Waals surface area contributed by atoms with Crippen LogP contribution in [0.5, 0.6) is 0 Å². The molecule has 2 N–H and O–H groups in total. The summed E-state index contributed by atoms with van der Waals surface area (Å²) in [5.41, 5.74) is 2.07. The molecule has 0 saturated carbocycles. The van der Waals surface area contributed by atoms with Crippen molar-refractivity contribution in [2.75, 3.05) is 5.32 Å². The van der Waals surface area contributed by atoms with Crippen molar-refractivity contribution in [3.05, 3.63) is 82.3 Å². The van der Waals surface area contributed by atoms with Crippen molar-refractivity contribution in [3.8, 4) is 0 Å². The molecule has 0 spiro atoms. The molecule has 0 saturated heterocycles. The summed E-state index contributed by atoms with van der Waals surface area (Å²) >= 11 is 1.40. The van der Waals surface area contributed by atoms with E-state index in [1.807, 2.05) is 29.6 Å². The normalized spacial score (nSPS) is 10.2. The molecule has 2 amide bonds. The van der Waals surface area contributed by atoms with Gasteiger partial charge in [0.15, 0.2) is 0 Å². The fourth-order valence-electron chi connectivity index (χ4n) is 2.14. The van der Waals surface area contributed by atoms with Gasteiger partial charge in [-0.2, -0.15) is 0 Å². The van der Waals surface area contributed by atoms with E-state index in [9.17, 15) is 9.59 Å². The highest BCUT2D eigenvalue weighted by Gasteiger charge is 2.08. The Bertz CT molecular complexity index is 832. The molecule has 0 aliphatic heterocycles. The minimum atomic E-state index is -0.220. The van der Waals surface area contributed by atoms with Crippen LogP contribution in [0.1, 0.15) is 25.6 Å². The number of rotatable bonds is 5. The van der Waals surface area contributed by atoms with Crippen LogP contribution in [0, 0.1) is 0 Å². The van der Waals surface area contributed by atoms with E-state index < -0.39 is 0 Å². The monoisotopic (exact) mass is 337 g/mol.